The van der Waals surface area contributed by atoms with Crippen LogP contribution < -0.4 is 10.8 Å². The maximum atomic E-state index is 11.4. The highest BCUT2D eigenvalue weighted by molar-refractivity contribution is 7.59. The number of benzene rings is 2. The van der Waals surface area contributed by atoms with Gasteiger partial charge in [-0.25, -0.2) is 4.52 Å². The van der Waals surface area contributed by atoms with Crippen molar-refractivity contribution in [2.75, 3.05) is 5.32 Å². The second-order valence-electron chi connectivity index (χ2n) is 6.88. The molecule has 0 aliphatic rings. The van der Waals surface area contributed by atoms with Crippen LogP contribution in [0, 0.1) is 0 Å². The second-order valence-corrected chi connectivity index (χ2v) is 8.41. The van der Waals surface area contributed by atoms with E-state index in [-0.39, 0.29) is 5.50 Å². The summed E-state index contributed by atoms with van der Waals surface area (Å²) in [7, 11) is -4.44. The smallest absolute Gasteiger partial charge is 0.391 e. The predicted octanol–water partition coefficient (Wildman–Crippen LogP) is 4.20. The van der Waals surface area contributed by atoms with Crippen molar-refractivity contribution in [1.82, 2.24) is 14.6 Å². The van der Waals surface area contributed by atoms with E-state index in [4.69, 9.17) is 4.42 Å². The third-order valence-corrected chi connectivity index (χ3v) is 5.54. The standard InChI is InChI=1S/C22H17N4O4P/c27-31(28,29)20-12-11-19(30-20)16-7-4-6-15(14-16)18-10-5-13-26-21(18)24-22(25-26)23-17-8-2-1-3-9-17/h1-14H,(H,23,25)(H2,27,28,29). The molecule has 0 amide bonds. The normalized spacial score (nSPS) is 11.7. The van der Waals surface area contributed by atoms with Crippen molar-refractivity contribution in [1.29, 1.82) is 0 Å². The Labute approximate surface area is 177 Å². The van der Waals surface area contributed by atoms with Crippen molar-refractivity contribution in [2.24, 2.45) is 0 Å². The lowest BCUT2D eigenvalue weighted by atomic mass is 10.0. The number of hydrogen-bond acceptors (Lipinski definition) is 5. The molecule has 0 bridgehead atoms. The van der Waals surface area contributed by atoms with Crippen LogP contribution in [0.25, 0.3) is 28.1 Å². The van der Waals surface area contributed by atoms with Crippen molar-refractivity contribution in [2.45, 2.75) is 0 Å². The second kappa shape index (κ2) is 7.52. The molecule has 154 valence electrons. The molecule has 3 heterocycles. The fourth-order valence-corrected chi connectivity index (χ4v) is 3.80. The average molecular weight is 432 g/mol. The van der Waals surface area contributed by atoms with Crippen LogP contribution in [0.4, 0.5) is 11.6 Å². The molecule has 0 spiro atoms. The fraction of sp³-hybridized carbons (Fsp3) is 0. The molecule has 0 aliphatic carbocycles. The van der Waals surface area contributed by atoms with E-state index in [0.717, 1.165) is 16.8 Å². The van der Waals surface area contributed by atoms with Gasteiger partial charge in [-0.3, -0.25) is 4.57 Å². The highest BCUT2D eigenvalue weighted by Gasteiger charge is 2.22. The Bertz CT molecular complexity index is 1420. The summed E-state index contributed by atoms with van der Waals surface area (Å²) in [4.78, 5) is 23.2. The number of para-hydroxylation sites is 1. The molecular weight excluding hydrogens is 415 g/mol. The van der Waals surface area contributed by atoms with Gasteiger partial charge in [0.25, 0.3) is 0 Å². The summed E-state index contributed by atoms with van der Waals surface area (Å²) in [6.45, 7) is 0. The minimum absolute atomic E-state index is 0.357. The zero-order valence-electron chi connectivity index (χ0n) is 16.1. The fourth-order valence-electron chi connectivity index (χ4n) is 3.31. The molecule has 3 aromatic heterocycles. The molecule has 3 N–H and O–H groups in total. The highest BCUT2D eigenvalue weighted by atomic mass is 31.2. The zero-order valence-corrected chi connectivity index (χ0v) is 17.0. The molecule has 0 saturated carbocycles. The Morgan fingerprint density at radius 3 is 2.48 bits per heavy atom. The zero-order chi connectivity index (χ0) is 21.4. The van der Waals surface area contributed by atoms with Gasteiger partial charge in [0.1, 0.15) is 5.76 Å². The minimum Gasteiger partial charge on any atom is -0.448 e. The lowest BCUT2D eigenvalue weighted by Crippen LogP contribution is -1.98. The molecule has 0 saturated heterocycles. The van der Waals surface area contributed by atoms with Crippen LogP contribution in [0.2, 0.25) is 0 Å². The van der Waals surface area contributed by atoms with E-state index in [1.807, 2.05) is 72.9 Å². The summed E-state index contributed by atoms with van der Waals surface area (Å²) in [5.41, 5.74) is 3.63. The van der Waals surface area contributed by atoms with Crippen LogP contribution in [-0.2, 0) is 4.57 Å². The summed E-state index contributed by atoms with van der Waals surface area (Å²) in [5.74, 6) is 0.854. The van der Waals surface area contributed by atoms with E-state index in [1.54, 1.807) is 10.6 Å². The van der Waals surface area contributed by atoms with Crippen molar-refractivity contribution in [3.05, 3.63) is 85.1 Å². The SMILES string of the molecule is O=P(O)(O)c1ccc(-c2cccc(-c3cccn4nc(Nc5ccccc5)nc34)c2)o1. The maximum Gasteiger partial charge on any atom is 0.391 e. The number of fused-ring (bicyclic) bond motifs is 1. The first-order chi connectivity index (χ1) is 15.0. The number of hydrogen-bond donors (Lipinski definition) is 3. The molecule has 2 aromatic carbocycles. The average Bonchev–Trinajstić information content (AvgIpc) is 3.41. The van der Waals surface area contributed by atoms with E-state index in [9.17, 15) is 14.4 Å². The largest absolute Gasteiger partial charge is 0.448 e. The Balaban J connectivity index is 1.53. The third-order valence-electron chi connectivity index (χ3n) is 4.73. The van der Waals surface area contributed by atoms with E-state index in [2.05, 4.69) is 15.4 Å². The Morgan fingerprint density at radius 1 is 0.903 bits per heavy atom. The molecule has 5 rings (SSSR count). The van der Waals surface area contributed by atoms with Crippen LogP contribution in [0.1, 0.15) is 0 Å². The van der Waals surface area contributed by atoms with Gasteiger partial charge >= 0.3 is 7.60 Å². The van der Waals surface area contributed by atoms with Crippen LogP contribution in [0.3, 0.4) is 0 Å². The van der Waals surface area contributed by atoms with Gasteiger partial charge < -0.3 is 19.5 Å². The number of rotatable bonds is 5. The molecule has 31 heavy (non-hydrogen) atoms. The lowest BCUT2D eigenvalue weighted by Gasteiger charge is -2.05. The van der Waals surface area contributed by atoms with Gasteiger partial charge in [0.05, 0.1) is 0 Å². The van der Waals surface area contributed by atoms with Gasteiger partial charge in [-0.1, -0.05) is 36.4 Å². The molecule has 0 fully saturated rings. The van der Waals surface area contributed by atoms with Crippen LogP contribution in [0.5, 0.6) is 0 Å². The summed E-state index contributed by atoms with van der Waals surface area (Å²) in [5, 5.41) is 7.69. The van der Waals surface area contributed by atoms with Crippen molar-refractivity contribution < 1.29 is 18.8 Å². The molecule has 9 heteroatoms. The molecule has 0 radical (unpaired) electrons. The lowest BCUT2D eigenvalue weighted by molar-refractivity contribution is 0.377. The Morgan fingerprint density at radius 2 is 1.71 bits per heavy atom. The topological polar surface area (TPSA) is 113 Å². The van der Waals surface area contributed by atoms with Gasteiger partial charge in [0, 0.05) is 23.0 Å². The third kappa shape index (κ3) is 3.87. The number of nitrogens with zero attached hydrogens (tertiary/aromatic N) is 3. The molecule has 0 atom stereocenters. The van der Waals surface area contributed by atoms with Gasteiger partial charge in [-0.05, 0) is 48.0 Å². The van der Waals surface area contributed by atoms with Crippen LogP contribution >= 0.6 is 7.60 Å². The van der Waals surface area contributed by atoms with Crippen molar-refractivity contribution >= 4 is 30.4 Å². The number of pyridine rings is 1. The summed E-state index contributed by atoms with van der Waals surface area (Å²) in [6, 6.07) is 23.8. The first-order valence-electron chi connectivity index (χ1n) is 9.42. The summed E-state index contributed by atoms with van der Waals surface area (Å²) in [6.07, 6.45) is 1.82. The predicted molar refractivity (Wildman–Crippen MR) is 118 cm³/mol. The quantitative estimate of drug-likeness (QED) is 0.357. The first kappa shape index (κ1) is 19.3. The van der Waals surface area contributed by atoms with E-state index < -0.39 is 7.60 Å². The van der Waals surface area contributed by atoms with E-state index >= 15 is 0 Å². The number of aromatic nitrogens is 3. The molecule has 5 aromatic rings. The Hall–Kier alpha value is -3.71. The number of furan rings is 1. The molecule has 0 aliphatic heterocycles. The maximum absolute atomic E-state index is 11.4. The van der Waals surface area contributed by atoms with Gasteiger partial charge in [0.2, 0.25) is 11.4 Å². The highest BCUT2D eigenvalue weighted by Crippen LogP contribution is 2.36. The van der Waals surface area contributed by atoms with Crippen LogP contribution in [-0.4, -0.2) is 24.4 Å². The molecular formula is C22H17N4O4P. The van der Waals surface area contributed by atoms with E-state index in [0.29, 0.717) is 22.9 Å². The first-order valence-corrected chi connectivity index (χ1v) is 11.0. The number of anilines is 2. The Kier molecular flexibility index (Phi) is 4.67. The van der Waals surface area contributed by atoms with Gasteiger partial charge in [-0.15, -0.1) is 5.10 Å². The number of nitrogens with one attached hydrogen (secondary N) is 1. The van der Waals surface area contributed by atoms with Gasteiger partial charge in [0.15, 0.2) is 5.65 Å². The summed E-state index contributed by atoms with van der Waals surface area (Å²) >= 11 is 0. The monoisotopic (exact) mass is 432 g/mol. The molecule has 8 nitrogen and oxygen atoms in total. The van der Waals surface area contributed by atoms with E-state index in [1.165, 1.54) is 6.07 Å². The van der Waals surface area contributed by atoms with Crippen molar-refractivity contribution in [3.63, 3.8) is 0 Å². The molecule has 0 unspecified atom stereocenters. The summed E-state index contributed by atoms with van der Waals surface area (Å²) < 4.78 is 18.5. The minimum atomic E-state index is -4.44. The van der Waals surface area contributed by atoms with Crippen LogP contribution in [0.15, 0.2) is 89.5 Å². The van der Waals surface area contributed by atoms with Gasteiger partial charge in [-0.2, -0.15) is 4.98 Å². The van der Waals surface area contributed by atoms with Crippen molar-refractivity contribution in [3.8, 4) is 22.5 Å².